The first kappa shape index (κ1) is 13.4. The normalized spacial score (nSPS) is 17.9. The molecule has 21 heavy (non-hydrogen) atoms. The van der Waals surface area contributed by atoms with Gasteiger partial charge in [0.25, 0.3) is 0 Å². The molecule has 1 N–H and O–H groups in total. The lowest BCUT2D eigenvalue weighted by molar-refractivity contribution is 0.681. The topological polar surface area (TPSA) is 15.3 Å². The quantitative estimate of drug-likeness (QED) is 0.825. The maximum Gasteiger partial charge on any atom is 0.0440 e. The molecule has 0 aliphatic heterocycles. The summed E-state index contributed by atoms with van der Waals surface area (Å²) in [6.07, 6.45) is 5.38. The van der Waals surface area contributed by atoms with Crippen LogP contribution in [0, 0.1) is 0 Å². The molecule has 2 aliphatic carbocycles. The van der Waals surface area contributed by atoms with E-state index in [1.807, 2.05) is 0 Å². The van der Waals surface area contributed by atoms with Gasteiger partial charge >= 0.3 is 0 Å². The van der Waals surface area contributed by atoms with E-state index in [4.69, 9.17) is 0 Å². The molecule has 2 nitrogen and oxygen atoms in total. The van der Waals surface area contributed by atoms with Gasteiger partial charge in [-0.3, -0.25) is 0 Å². The Kier molecular flexibility index (Phi) is 3.70. The van der Waals surface area contributed by atoms with Crippen LogP contribution in [0.25, 0.3) is 0 Å². The van der Waals surface area contributed by atoms with E-state index in [-0.39, 0.29) is 0 Å². The van der Waals surface area contributed by atoms with Crippen molar-refractivity contribution in [1.82, 2.24) is 5.32 Å². The Labute approximate surface area is 130 Å². The highest BCUT2D eigenvalue weighted by Gasteiger charge is 2.30. The summed E-state index contributed by atoms with van der Waals surface area (Å²) in [4.78, 5) is 2.62. The SMILES string of the molecule is c1ccc(N(Cc2ccsc2)C2CC2)c(CNC2CC2)c1. The van der Waals surface area contributed by atoms with Crippen LogP contribution in [0.2, 0.25) is 0 Å². The van der Waals surface area contributed by atoms with Crippen molar-refractivity contribution in [3.63, 3.8) is 0 Å². The molecule has 1 heterocycles. The van der Waals surface area contributed by atoms with Crippen molar-refractivity contribution in [2.45, 2.75) is 50.9 Å². The summed E-state index contributed by atoms with van der Waals surface area (Å²) in [6.45, 7) is 2.06. The summed E-state index contributed by atoms with van der Waals surface area (Å²) >= 11 is 1.80. The predicted molar refractivity (Wildman–Crippen MR) is 89.8 cm³/mol. The van der Waals surface area contributed by atoms with Crippen molar-refractivity contribution in [3.05, 3.63) is 52.2 Å². The van der Waals surface area contributed by atoms with Gasteiger partial charge in [0.05, 0.1) is 0 Å². The van der Waals surface area contributed by atoms with Gasteiger partial charge in [0, 0.05) is 30.9 Å². The van der Waals surface area contributed by atoms with E-state index in [0.717, 1.165) is 25.2 Å². The number of thiophene rings is 1. The van der Waals surface area contributed by atoms with E-state index in [1.165, 1.54) is 42.5 Å². The van der Waals surface area contributed by atoms with E-state index in [2.05, 4.69) is 51.3 Å². The third-order valence-corrected chi connectivity index (χ3v) is 5.11. The van der Waals surface area contributed by atoms with E-state index >= 15 is 0 Å². The lowest BCUT2D eigenvalue weighted by Gasteiger charge is -2.27. The van der Waals surface area contributed by atoms with Crippen LogP contribution in [0.4, 0.5) is 5.69 Å². The fourth-order valence-electron chi connectivity index (χ4n) is 2.86. The molecule has 2 aliphatic rings. The van der Waals surface area contributed by atoms with Crippen molar-refractivity contribution in [2.24, 2.45) is 0 Å². The van der Waals surface area contributed by atoms with Crippen LogP contribution in [-0.2, 0) is 13.1 Å². The van der Waals surface area contributed by atoms with Gasteiger partial charge in [0.15, 0.2) is 0 Å². The lowest BCUT2D eigenvalue weighted by Crippen LogP contribution is -2.27. The molecule has 3 heteroatoms. The first-order valence-corrected chi connectivity index (χ1v) is 8.93. The first-order valence-electron chi connectivity index (χ1n) is 7.99. The molecular weight excluding hydrogens is 276 g/mol. The zero-order chi connectivity index (χ0) is 14.1. The summed E-state index contributed by atoms with van der Waals surface area (Å²) < 4.78 is 0. The second kappa shape index (κ2) is 5.82. The van der Waals surface area contributed by atoms with Crippen LogP contribution in [-0.4, -0.2) is 12.1 Å². The average Bonchev–Trinajstić information content (AvgIpc) is 3.44. The average molecular weight is 298 g/mol. The van der Waals surface area contributed by atoms with Gasteiger partial charge in [-0.2, -0.15) is 11.3 Å². The van der Waals surface area contributed by atoms with E-state index in [9.17, 15) is 0 Å². The number of rotatable bonds is 7. The minimum absolute atomic E-state index is 0.743. The van der Waals surface area contributed by atoms with Gasteiger partial charge in [0.2, 0.25) is 0 Å². The molecule has 4 rings (SSSR count). The summed E-state index contributed by atoms with van der Waals surface area (Å²) in [5.41, 5.74) is 4.32. The molecule has 0 amide bonds. The number of nitrogens with zero attached hydrogens (tertiary/aromatic N) is 1. The Morgan fingerprint density at radius 3 is 2.67 bits per heavy atom. The molecule has 0 radical (unpaired) electrons. The summed E-state index contributed by atoms with van der Waals surface area (Å²) in [5, 5.41) is 8.12. The summed E-state index contributed by atoms with van der Waals surface area (Å²) in [6, 6.07) is 12.7. The molecule has 2 saturated carbocycles. The third-order valence-electron chi connectivity index (χ3n) is 4.38. The first-order chi connectivity index (χ1) is 10.4. The number of anilines is 1. The van der Waals surface area contributed by atoms with Gasteiger partial charge in [-0.05, 0) is 59.7 Å². The highest BCUT2D eigenvalue weighted by atomic mass is 32.1. The molecule has 2 fully saturated rings. The highest BCUT2D eigenvalue weighted by molar-refractivity contribution is 7.07. The van der Waals surface area contributed by atoms with Crippen molar-refractivity contribution in [3.8, 4) is 0 Å². The molecule has 0 atom stereocenters. The highest BCUT2D eigenvalue weighted by Crippen LogP contribution is 2.35. The molecule has 0 unspecified atom stereocenters. The Balaban J connectivity index is 1.56. The number of para-hydroxylation sites is 1. The van der Waals surface area contributed by atoms with Gasteiger partial charge in [0.1, 0.15) is 0 Å². The molecule has 110 valence electrons. The fraction of sp³-hybridized carbons (Fsp3) is 0.444. The maximum absolute atomic E-state index is 3.66. The molecule has 1 aromatic carbocycles. The largest absolute Gasteiger partial charge is 0.364 e. The molecule has 0 spiro atoms. The van der Waals surface area contributed by atoms with E-state index in [0.29, 0.717) is 0 Å². The molecule has 0 bridgehead atoms. The molecule has 2 aromatic rings. The number of hydrogen-bond donors (Lipinski definition) is 1. The number of nitrogens with one attached hydrogen (secondary N) is 1. The lowest BCUT2D eigenvalue weighted by atomic mass is 10.1. The molecule has 0 saturated heterocycles. The minimum Gasteiger partial charge on any atom is -0.364 e. The Hall–Kier alpha value is -1.32. The predicted octanol–water partition coefficient (Wildman–Crippen LogP) is 4.17. The Morgan fingerprint density at radius 1 is 1.10 bits per heavy atom. The summed E-state index contributed by atoms with van der Waals surface area (Å²) in [7, 11) is 0. The second-order valence-electron chi connectivity index (χ2n) is 6.27. The summed E-state index contributed by atoms with van der Waals surface area (Å²) in [5.74, 6) is 0. The van der Waals surface area contributed by atoms with E-state index in [1.54, 1.807) is 11.3 Å². The van der Waals surface area contributed by atoms with Gasteiger partial charge < -0.3 is 10.2 Å². The fourth-order valence-corrected chi connectivity index (χ4v) is 3.52. The van der Waals surface area contributed by atoms with Crippen LogP contribution >= 0.6 is 11.3 Å². The Morgan fingerprint density at radius 2 is 1.95 bits per heavy atom. The number of hydrogen-bond acceptors (Lipinski definition) is 3. The van der Waals surface area contributed by atoms with Crippen LogP contribution < -0.4 is 10.2 Å². The molecular formula is C18H22N2S. The van der Waals surface area contributed by atoms with Gasteiger partial charge in [-0.25, -0.2) is 0 Å². The van der Waals surface area contributed by atoms with E-state index < -0.39 is 0 Å². The van der Waals surface area contributed by atoms with Gasteiger partial charge in [-0.1, -0.05) is 18.2 Å². The smallest absolute Gasteiger partial charge is 0.0440 e. The zero-order valence-corrected chi connectivity index (χ0v) is 13.1. The zero-order valence-electron chi connectivity index (χ0n) is 12.3. The van der Waals surface area contributed by atoms with Crippen LogP contribution in [0.5, 0.6) is 0 Å². The number of benzene rings is 1. The van der Waals surface area contributed by atoms with Crippen LogP contribution in [0.3, 0.4) is 0 Å². The Bertz CT molecular complexity index is 585. The van der Waals surface area contributed by atoms with Crippen LogP contribution in [0.15, 0.2) is 41.1 Å². The van der Waals surface area contributed by atoms with Crippen molar-refractivity contribution < 1.29 is 0 Å². The second-order valence-corrected chi connectivity index (χ2v) is 7.05. The van der Waals surface area contributed by atoms with Crippen molar-refractivity contribution in [2.75, 3.05) is 4.90 Å². The molecule has 1 aromatic heterocycles. The van der Waals surface area contributed by atoms with Crippen LogP contribution in [0.1, 0.15) is 36.8 Å². The van der Waals surface area contributed by atoms with Gasteiger partial charge in [-0.15, -0.1) is 0 Å². The van der Waals surface area contributed by atoms with Crippen molar-refractivity contribution in [1.29, 1.82) is 0 Å². The standard InChI is InChI=1S/C18H22N2S/c1-2-4-18(15(3-1)11-19-16-5-6-16)20(17-7-8-17)12-14-9-10-21-13-14/h1-4,9-10,13,16-17,19H,5-8,11-12H2. The van der Waals surface area contributed by atoms with Crippen molar-refractivity contribution >= 4 is 17.0 Å². The third kappa shape index (κ3) is 3.30. The monoisotopic (exact) mass is 298 g/mol. The maximum atomic E-state index is 3.66. The minimum atomic E-state index is 0.743.